The fraction of sp³-hybridized carbons (Fsp3) is 0.889. The number of carbonyl (C=O) groups excluding carboxylic acids is 1. The van der Waals surface area contributed by atoms with E-state index in [1.165, 1.54) is 12.8 Å². The zero-order valence-corrected chi connectivity index (χ0v) is 7.85. The van der Waals surface area contributed by atoms with E-state index in [4.69, 9.17) is 0 Å². The number of carbonyl (C=O) groups is 1. The van der Waals surface area contributed by atoms with Crippen LogP contribution in [0.1, 0.15) is 33.6 Å². The van der Waals surface area contributed by atoms with Gasteiger partial charge in [0, 0.05) is 18.5 Å². The minimum atomic E-state index is -0.211. The SMILES string of the molecule is CN(C(=O)C(C)(C)C)C1CC1. The summed E-state index contributed by atoms with van der Waals surface area (Å²) in [5.74, 6) is 0.264. The van der Waals surface area contributed by atoms with Crippen LogP contribution in [0.25, 0.3) is 0 Å². The fourth-order valence-electron chi connectivity index (χ4n) is 1.16. The van der Waals surface area contributed by atoms with Gasteiger partial charge in [0.05, 0.1) is 0 Å². The molecule has 0 aromatic rings. The minimum absolute atomic E-state index is 0.211. The van der Waals surface area contributed by atoms with Crippen molar-refractivity contribution in [2.75, 3.05) is 7.05 Å². The van der Waals surface area contributed by atoms with Gasteiger partial charge in [0.1, 0.15) is 0 Å². The summed E-state index contributed by atoms with van der Waals surface area (Å²) < 4.78 is 0. The van der Waals surface area contributed by atoms with Crippen molar-refractivity contribution < 1.29 is 4.79 Å². The van der Waals surface area contributed by atoms with Crippen molar-refractivity contribution in [3.05, 3.63) is 0 Å². The van der Waals surface area contributed by atoms with Gasteiger partial charge in [-0.3, -0.25) is 4.79 Å². The average molecular weight is 155 g/mol. The van der Waals surface area contributed by atoms with Crippen LogP contribution in [0.4, 0.5) is 0 Å². The molecule has 0 spiro atoms. The topological polar surface area (TPSA) is 20.3 Å². The van der Waals surface area contributed by atoms with Crippen LogP contribution in [0.3, 0.4) is 0 Å². The zero-order valence-electron chi connectivity index (χ0n) is 7.85. The molecule has 1 fully saturated rings. The highest BCUT2D eigenvalue weighted by Crippen LogP contribution is 2.29. The lowest BCUT2D eigenvalue weighted by Gasteiger charge is -2.25. The third-order valence-electron chi connectivity index (χ3n) is 2.06. The molecule has 2 nitrogen and oxygen atoms in total. The van der Waals surface area contributed by atoms with Crippen molar-refractivity contribution in [3.63, 3.8) is 0 Å². The van der Waals surface area contributed by atoms with E-state index in [9.17, 15) is 4.79 Å². The van der Waals surface area contributed by atoms with Crippen LogP contribution in [0, 0.1) is 5.41 Å². The molecule has 0 atom stereocenters. The van der Waals surface area contributed by atoms with E-state index in [0.29, 0.717) is 6.04 Å². The van der Waals surface area contributed by atoms with Gasteiger partial charge in [0.15, 0.2) is 0 Å². The predicted molar refractivity (Wildman–Crippen MR) is 45.2 cm³/mol. The van der Waals surface area contributed by atoms with Crippen molar-refractivity contribution in [1.29, 1.82) is 0 Å². The first-order chi connectivity index (χ1) is 4.93. The maximum atomic E-state index is 11.6. The van der Waals surface area contributed by atoms with E-state index in [2.05, 4.69) is 0 Å². The lowest BCUT2D eigenvalue weighted by Crippen LogP contribution is -2.37. The highest BCUT2D eigenvalue weighted by Gasteiger charge is 2.34. The summed E-state index contributed by atoms with van der Waals surface area (Å²) in [6, 6.07) is 0.543. The molecule has 0 heterocycles. The van der Waals surface area contributed by atoms with Gasteiger partial charge >= 0.3 is 0 Å². The molecule has 0 aromatic carbocycles. The predicted octanol–water partition coefficient (Wildman–Crippen LogP) is 1.65. The van der Waals surface area contributed by atoms with Crippen molar-refractivity contribution in [1.82, 2.24) is 4.90 Å². The second kappa shape index (κ2) is 2.50. The second-order valence-electron chi connectivity index (χ2n) is 4.40. The van der Waals surface area contributed by atoms with E-state index >= 15 is 0 Å². The Morgan fingerprint density at radius 1 is 1.36 bits per heavy atom. The highest BCUT2D eigenvalue weighted by atomic mass is 16.2. The van der Waals surface area contributed by atoms with Crippen LogP contribution < -0.4 is 0 Å². The van der Waals surface area contributed by atoms with E-state index in [1.807, 2.05) is 32.7 Å². The molecular weight excluding hydrogens is 138 g/mol. The molecular formula is C9H17NO. The molecule has 0 aliphatic heterocycles. The summed E-state index contributed by atoms with van der Waals surface area (Å²) in [6.07, 6.45) is 2.39. The molecule has 0 aromatic heterocycles. The molecule has 1 amide bonds. The quantitative estimate of drug-likeness (QED) is 0.564. The minimum Gasteiger partial charge on any atom is -0.342 e. The van der Waals surface area contributed by atoms with Crippen LogP contribution in [0.2, 0.25) is 0 Å². The standard InChI is InChI=1S/C9H17NO/c1-9(2,3)8(11)10(4)7-5-6-7/h7H,5-6H2,1-4H3. The Balaban J connectivity index is 2.52. The second-order valence-corrected chi connectivity index (χ2v) is 4.40. The number of amides is 1. The van der Waals surface area contributed by atoms with E-state index in [0.717, 1.165) is 0 Å². The van der Waals surface area contributed by atoms with Crippen molar-refractivity contribution in [2.45, 2.75) is 39.7 Å². The Labute approximate surface area is 68.6 Å². The summed E-state index contributed by atoms with van der Waals surface area (Å²) in [6.45, 7) is 5.90. The molecule has 1 aliphatic carbocycles. The molecule has 2 heteroatoms. The Morgan fingerprint density at radius 2 is 1.82 bits per heavy atom. The summed E-state index contributed by atoms with van der Waals surface area (Å²) in [5, 5.41) is 0. The van der Waals surface area contributed by atoms with Crippen molar-refractivity contribution in [2.24, 2.45) is 5.41 Å². The molecule has 0 radical (unpaired) electrons. The van der Waals surface area contributed by atoms with Crippen molar-refractivity contribution >= 4 is 5.91 Å². The zero-order chi connectivity index (χ0) is 8.65. The molecule has 0 N–H and O–H groups in total. The monoisotopic (exact) mass is 155 g/mol. The third-order valence-corrected chi connectivity index (χ3v) is 2.06. The summed E-state index contributed by atoms with van der Waals surface area (Å²) in [7, 11) is 1.91. The molecule has 0 unspecified atom stereocenters. The molecule has 11 heavy (non-hydrogen) atoms. The number of rotatable bonds is 1. The summed E-state index contributed by atoms with van der Waals surface area (Å²) >= 11 is 0. The van der Waals surface area contributed by atoms with Crippen LogP contribution in [-0.4, -0.2) is 23.9 Å². The van der Waals surface area contributed by atoms with Crippen LogP contribution in [-0.2, 0) is 4.79 Å². The normalized spacial score (nSPS) is 18.2. The maximum absolute atomic E-state index is 11.6. The molecule has 1 rings (SSSR count). The van der Waals surface area contributed by atoms with Gasteiger partial charge in [-0.15, -0.1) is 0 Å². The van der Waals surface area contributed by atoms with E-state index < -0.39 is 0 Å². The first-order valence-corrected chi connectivity index (χ1v) is 4.20. The smallest absolute Gasteiger partial charge is 0.227 e. The van der Waals surface area contributed by atoms with Crippen LogP contribution in [0.15, 0.2) is 0 Å². The Bertz CT molecular complexity index is 165. The molecule has 1 aliphatic rings. The number of hydrogen-bond donors (Lipinski definition) is 0. The van der Waals surface area contributed by atoms with Gasteiger partial charge in [0.2, 0.25) is 5.91 Å². The number of hydrogen-bond acceptors (Lipinski definition) is 1. The fourth-order valence-corrected chi connectivity index (χ4v) is 1.16. The first-order valence-electron chi connectivity index (χ1n) is 4.20. The van der Waals surface area contributed by atoms with Gasteiger partial charge in [0.25, 0.3) is 0 Å². The lowest BCUT2D eigenvalue weighted by atomic mass is 9.95. The Kier molecular flexibility index (Phi) is 1.95. The third kappa shape index (κ3) is 1.95. The van der Waals surface area contributed by atoms with E-state index in [-0.39, 0.29) is 11.3 Å². The summed E-state index contributed by atoms with van der Waals surface area (Å²) in [5.41, 5.74) is -0.211. The summed E-state index contributed by atoms with van der Waals surface area (Å²) in [4.78, 5) is 13.5. The van der Waals surface area contributed by atoms with Crippen LogP contribution >= 0.6 is 0 Å². The molecule has 0 saturated heterocycles. The van der Waals surface area contributed by atoms with Gasteiger partial charge in [-0.05, 0) is 12.8 Å². The van der Waals surface area contributed by atoms with Gasteiger partial charge in [-0.25, -0.2) is 0 Å². The Morgan fingerprint density at radius 3 is 2.09 bits per heavy atom. The van der Waals surface area contributed by atoms with Crippen LogP contribution in [0.5, 0.6) is 0 Å². The highest BCUT2D eigenvalue weighted by molar-refractivity contribution is 5.81. The lowest BCUT2D eigenvalue weighted by molar-refractivity contribution is -0.138. The largest absolute Gasteiger partial charge is 0.342 e. The molecule has 64 valence electrons. The molecule has 0 bridgehead atoms. The van der Waals surface area contributed by atoms with E-state index in [1.54, 1.807) is 0 Å². The first kappa shape index (κ1) is 8.57. The van der Waals surface area contributed by atoms with Gasteiger partial charge < -0.3 is 4.90 Å². The number of nitrogens with zero attached hydrogens (tertiary/aromatic N) is 1. The maximum Gasteiger partial charge on any atom is 0.227 e. The Hall–Kier alpha value is -0.530. The molecule has 1 saturated carbocycles. The van der Waals surface area contributed by atoms with Gasteiger partial charge in [-0.1, -0.05) is 20.8 Å². The van der Waals surface area contributed by atoms with Gasteiger partial charge in [-0.2, -0.15) is 0 Å². The van der Waals surface area contributed by atoms with Crippen molar-refractivity contribution in [3.8, 4) is 0 Å². The average Bonchev–Trinajstić information content (AvgIpc) is 2.63.